The molecule has 10 heteroatoms. The molecule has 216 valence electrons. The van der Waals surface area contributed by atoms with E-state index in [0.717, 1.165) is 16.7 Å². The van der Waals surface area contributed by atoms with E-state index < -0.39 is 20.9 Å². The molecule has 1 unspecified atom stereocenters. The van der Waals surface area contributed by atoms with Crippen molar-refractivity contribution >= 4 is 26.8 Å². The third-order valence-electron chi connectivity index (χ3n) is 6.02. The second-order valence-electron chi connectivity index (χ2n) is 9.31. The first-order chi connectivity index (χ1) is 19.4. The van der Waals surface area contributed by atoms with Crippen LogP contribution in [0.5, 0.6) is 11.5 Å². The Bertz CT molecular complexity index is 1650. The van der Waals surface area contributed by atoms with Gasteiger partial charge in [-0.1, -0.05) is 54.1 Å². The van der Waals surface area contributed by atoms with Crippen molar-refractivity contribution in [3.8, 4) is 22.6 Å². The van der Waals surface area contributed by atoms with Crippen molar-refractivity contribution in [2.24, 2.45) is 0 Å². The third kappa shape index (κ3) is 8.50. The van der Waals surface area contributed by atoms with Crippen molar-refractivity contribution in [1.29, 1.82) is 0 Å². The Hall–Kier alpha value is -3.99. The van der Waals surface area contributed by atoms with Crippen LogP contribution < -0.4 is 9.47 Å². The van der Waals surface area contributed by atoms with E-state index >= 15 is 0 Å². The first-order valence-electron chi connectivity index (χ1n) is 12.5. The Labute approximate surface area is 243 Å². The third-order valence-corrected chi connectivity index (χ3v) is 8.36. The van der Waals surface area contributed by atoms with Gasteiger partial charge in [-0.3, -0.25) is 9.00 Å². The highest BCUT2D eigenvalue weighted by Crippen LogP contribution is 2.32. The van der Waals surface area contributed by atoms with Gasteiger partial charge in [0, 0.05) is 24.6 Å². The van der Waals surface area contributed by atoms with Crippen molar-refractivity contribution in [3.63, 3.8) is 0 Å². The van der Waals surface area contributed by atoms with Crippen molar-refractivity contribution < 1.29 is 31.4 Å². The maximum Gasteiger partial charge on any atom is 0.253 e. The molecule has 0 aromatic heterocycles. The number of ether oxygens (including phenoxy) is 2. The summed E-state index contributed by atoms with van der Waals surface area (Å²) in [7, 11) is 2.69. The molecule has 4 rings (SSSR count). The topological polar surface area (TPSA) is 113 Å². The summed E-state index contributed by atoms with van der Waals surface area (Å²) in [5.74, 6) is 0.615. The molecule has 0 aliphatic heterocycles. The number of aryl methyl sites for hydroxylation is 1. The molecule has 41 heavy (non-hydrogen) atoms. The summed E-state index contributed by atoms with van der Waals surface area (Å²) < 4.78 is 57.4. The fraction of sp³-hybridized carbons (Fsp3) is 0.194. The first-order valence-corrected chi connectivity index (χ1v) is 15.2. The lowest BCUT2D eigenvalue weighted by Crippen LogP contribution is -2.21. The predicted octanol–water partition coefficient (Wildman–Crippen LogP) is 5.28. The summed E-state index contributed by atoms with van der Waals surface area (Å²) in [4.78, 5) is 14.2. The van der Waals surface area contributed by atoms with Crippen LogP contribution in [0.25, 0.3) is 11.1 Å². The Balaban J connectivity index is 0.000000352. The molecule has 0 radical (unpaired) electrons. The smallest absolute Gasteiger partial charge is 0.253 e. The zero-order valence-electron chi connectivity index (χ0n) is 23.5. The number of carbonyl (C=O) groups is 1. The molecule has 0 bridgehead atoms. The van der Waals surface area contributed by atoms with Crippen LogP contribution in [0.15, 0.2) is 101 Å². The van der Waals surface area contributed by atoms with Crippen molar-refractivity contribution in [1.82, 2.24) is 4.90 Å². The monoisotopic (exact) mass is 594 g/mol. The fourth-order valence-electron chi connectivity index (χ4n) is 3.99. The highest BCUT2D eigenvalue weighted by Gasteiger charge is 2.22. The molecule has 0 saturated heterocycles. The maximum atomic E-state index is 13.2. The standard InChI is InChI=1S/C24H25NO4S.C7H8O3S/c1-17-7-5-8-18(13-17)16-30(27,28)23-15-20(11-12-22(23)29-4)19-9-6-10-21(14-19)24(26)25(2)3;1-10-6-3-2-4-7(5-6)11(8)9/h5-15H,16H2,1-4H3;2-5H,1H3,(H,8,9)/p-1. The summed E-state index contributed by atoms with van der Waals surface area (Å²) >= 11 is -2.17. The number of carbonyl (C=O) groups excluding carboxylic acids is 1. The van der Waals surface area contributed by atoms with Crippen LogP contribution in [-0.4, -0.2) is 56.3 Å². The van der Waals surface area contributed by atoms with Gasteiger partial charge in [-0.2, -0.15) is 0 Å². The summed E-state index contributed by atoms with van der Waals surface area (Å²) in [5, 5.41) is 0. The van der Waals surface area contributed by atoms with E-state index in [1.807, 2.05) is 31.2 Å². The minimum atomic E-state index is -3.64. The van der Waals surface area contributed by atoms with Crippen molar-refractivity contribution in [3.05, 3.63) is 108 Å². The number of hydrogen-bond acceptors (Lipinski definition) is 7. The van der Waals surface area contributed by atoms with Crippen LogP contribution in [0.1, 0.15) is 21.5 Å². The lowest BCUT2D eigenvalue weighted by atomic mass is 10.0. The highest BCUT2D eigenvalue weighted by molar-refractivity contribution is 7.90. The summed E-state index contributed by atoms with van der Waals surface area (Å²) in [6, 6.07) is 25.9. The largest absolute Gasteiger partial charge is 0.768 e. The highest BCUT2D eigenvalue weighted by atomic mass is 32.2. The number of methoxy groups -OCH3 is 2. The van der Waals surface area contributed by atoms with E-state index in [4.69, 9.17) is 9.47 Å². The molecule has 1 atom stereocenters. The molecule has 0 spiro atoms. The Morgan fingerprint density at radius 1 is 0.854 bits per heavy atom. The van der Waals surface area contributed by atoms with Crippen LogP contribution in [0.3, 0.4) is 0 Å². The van der Waals surface area contributed by atoms with E-state index in [-0.39, 0.29) is 21.5 Å². The number of sulfone groups is 1. The first kappa shape index (κ1) is 31.5. The van der Waals surface area contributed by atoms with Gasteiger partial charge >= 0.3 is 0 Å². The van der Waals surface area contributed by atoms with Crippen LogP contribution in [0.2, 0.25) is 0 Å². The van der Waals surface area contributed by atoms with E-state index in [9.17, 15) is 22.0 Å². The van der Waals surface area contributed by atoms with Gasteiger partial charge < -0.3 is 18.9 Å². The molecule has 0 heterocycles. The summed E-state index contributed by atoms with van der Waals surface area (Å²) in [5.41, 5.74) is 3.73. The minimum Gasteiger partial charge on any atom is -0.768 e. The van der Waals surface area contributed by atoms with Crippen LogP contribution in [0.4, 0.5) is 0 Å². The lowest BCUT2D eigenvalue weighted by Gasteiger charge is -2.14. The molecule has 0 fully saturated rings. The zero-order valence-corrected chi connectivity index (χ0v) is 25.1. The molecule has 0 saturated carbocycles. The molecular weight excluding hydrogens is 562 g/mol. The molecular formula is C31H32NO7S2-. The van der Waals surface area contributed by atoms with Crippen LogP contribution in [-0.2, 0) is 26.7 Å². The number of rotatable bonds is 8. The second kappa shape index (κ2) is 14.1. The van der Waals surface area contributed by atoms with Gasteiger partial charge in [0.2, 0.25) is 0 Å². The number of amides is 1. The zero-order chi connectivity index (χ0) is 30.2. The van der Waals surface area contributed by atoms with Crippen LogP contribution >= 0.6 is 0 Å². The van der Waals surface area contributed by atoms with Crippen molar-refractivity contribution in [2.75, 3.05) is 28.3 Å². The van der Waals surface area contributed by atoms with Gasteiger partial charge in [-0.15, -0.1) is 0 Å². The summed E-state index contributed by atoms with van der Waals surface area (Å²) in [6.45, 7) is 1.93. The Morgan fingerprint density at radius 2 is 1.54 bits per heavy atom. The van der Waals surface area contributed by atoms with Crippen LogP contribution in [0, 0.1) is 6.92 Å². The van der Waals surface area contributed by atoms with Gasteiger partial charge in [0.25, 0.3) is 5.91 Å². The van der Waals surface area contributed by atoms with E-state index in [2.05, 4.69) is 0 Å². The van der Waals surface area contributed by atoms with Gasteiger partial charge in [-0.05, 0) is 77.2 Å². The molecule has 0 N–H and O–H groups in total. The second-order valence-corrected chi connectivity index (χ2v) is 12.2. The van der Waals surface area contributed by atoms with Gasteiger partial charge in [0.05, 0.1) is 20.0 Å². The number of nitrogens with zero attached hydrogens (tertiary/aromatic N) is 1. The number of benzene rings is 4. The average molecular weight is 595 g/mol. The van der Waals surface area contributed by atoms with Gasteiger partial charge in [0.1, 0.15) is 16.4 Å². The van der Waals surface area contributed by atoms with E-state index in [1.54, 1.807) is 68.7 Å². The van der Waals surface area contributed by atoms with Crippen molar-refractivity contribution in [2.45, 2.75) is 22.5 Å². The SMILES string of the molecule is COc1ccc(-c2cccc(C(=O)N(C)C)c2)cc1S(=O)(=O)Cc1cccc(C)c1.COc1cccc(S(=O)[O-])c1. The number of hydrogen-bond donors (Lipinski definition) is 0. The average Bonchev–Trinajstić information content (AvgIpc) is 2.96. The maximum absolute atomic E-state index is 13.2. The lowest BCUT2D eigenvalue weighted by molar-refractivity contribution is 0.0827. The predicted molar refractivity (Wildman–Crippen MR) is 159 cm³/mol. The van der Waals surface area contributed by atoms with Gasteiger partial charge in [-0.25, -0.2) is 8.42 Å². The molecule has 0 aliphatic rings. The molecule has 8 nitrogen and oxygen atoms in total. The van der Waals surface area contributed by atoms with E-state index in [1.165, 1.54) is 31.3 Å². The Kier molecular flexibility index (Phi) is 10.8. The fourth-order valence-corrected chi connectivity index (χ4v) is 5.93. The molecule has 0 aliphatic carbocycles. The van der Waals surface area contributed by atoms with Gasteiger partial charge in [0.15, 0.2) is 9.84 Å². The summed E-state index contributed by atoms with van der Waals surface area (Å²) in [6.07, 6.45) is 0. The molecule has 1 amide bonds. The van der Waals surface area contributed by atoms with E-state index in [0.29, 0.717) is 22.6 Å². The molecule has 4 aromatic carbocycles. The molecule has 4 aromatic rings. The normalized spacial score (nSPS) is 11.6. The Morgan fingerprint density at radius 3 is 2.17 bits per heavy atom. The quantitative estimate of drug-likeness (QED) is 0.255. The minimum absolute atomic E-state index is 0.113.